The number of likely N-dealkylation sites (N-methyl/N-ethyl adjacent to an activating group) is 1. The average molecular weight is 299 g/mol. The highest BCUT2D eigenvalue weighted by atomic mass is 16.5. The van der Waals surface area contributed by atoms with Crippen molar-refractivity contribution in [2.45, 2.75) is 20.4 Å². The van der Waals surface area contributed by atoms with E-state index in [9.17, 15) is 0 Å². The van der Waals surface area contributed by atoms with Crippen molar-refractivity contribution in [2.24, 2.45) is 0 Å². The molecular weight excluding hydrogens is 274 g/mol. The molecule has 0 aromatic heterocycles. The van der Waals surface area contributed by atoms with Crippen LogP contribution in [0.15, 0.2) is 42.5 Å². The fraction of sp³-hybridized carbons (Fsp3) is 0.368. The van der Waals surface area contributed by atoms with Crippen LogP contribution >= 0.6 is 0 Å². The fourth-order valence-electron chi connectivity index (χ4n) is 2.34. The van der Waals surface area contributed by atoms with Crippen molar-refractivity contribution in [2.75, 3.05) is 27.3 Å². The molecule has 0 amide bonds. The summed E-state index contributed by atoms with van der Waals surface area (Å²) in [5, 5.41) is 0. The Morgan fingerprint density at radius 2 is 1.86 bits per heavy atom. The number of hydrogen-bond acceptors (Lipinski definition) is 3. The molecule has 2 aromatic carbocycles. The van der Waals surface area contributed by atoms with Gasteiger partial charge in [-0.2, -0.15) is 0 Å². The molecular formula is C19H25NO2. The quantitative estimate of drug-likeness (QED) is 0.775. The lowest BCUT2D eigenvalue weighted by Crippen LogP contribution is -2.24. The zero-order valence-electron chi connectivity index (χ0n) is 13.9. The molecule has 0 aliphatic rings. The number of benzene rings is 2. The van der Waals surface area contributed by atoms with Gasteiger partial charge in [-0.05, 0) is 55.8 Å². The third kappa shape index (κ3) is 4.78. The second-order valence-corrected chi connectivity index (χ2v) is 5.71. The third-order valence-corrected chi connectivity index (χ3v) is 3.66. The Bertz CT molecular complexity index is 610. The average Bonchev–Trinajstić information content (AvgIpc) is 2.51. The van der Waals surface area contributed by atoms with Crippen LogP contribution in [-0.4, -0.2) is 32.2 Å². The van der Waals surface area contributed by atoms with Crippen LogP contribution in [0.4, 0.5) is 0 Å². The van der Waals surface area contributed by atoms with E-state index in [1.54, 1.807) is 7.11 Å². The molecule has 0 fully saturated rings. The summed E-state index contributed by atoms with van der Waals surface area (Å²) in [5.41, 5.74) is 3.65. The minimum atomic E-state index is 0.685. The summed E-state index contributed by atoms with van der Waals surface area (Å²) < 4.78 is 11.2. The second kappa shape index (κ2) is 7.85. The van der Waals surface area contributed by atoms with E-state index >= 15 is 0 Å². The van der Waals surface area contributed by atoms with Gasteiger partial charge in [-0.1, -0.05) is 24.3 Å². The second-order valence-electron chi connectivity index (χ2n) is 5.71. The Kier molecular flexibility index (Phi) is 5.84. The van der Waals surface area contributed by atoms with Crippen molar-refractivity contribution in [3.8, 4) is 11.5 Å². The van der Waals surface area contributed by atoms with E-state index in [0.717, 1.165) is 24.6 Å². The van der Waals surface area contributed by atoms with Crippen LogP contribution in [-0.2, 0) is 6.54 Å². The van der Waals surface area contributed by atoms with E-state index in [1.807, 2.05) is 12.1 Å². The summed E-state index contributed by atoms with van der Waals surface area (Å²) in [6.45, 7) is 6.61. The maximum Gasteiger partial charge on any atom is 0.122 e. The zero-order chi connectivity index (χ0) is 15.9. The first-order valence-electron chi connectivity index (χ1n) is 7.60. The normalized spacial score (nSPS) is 10.8. The van der Waals surface area contributed by atoms with Gasteiger partial charge in [0.15, 0.2) is 0 Å². The monoisotopic (exact) mass is 299 g/mol. The lowest BCUT2D eigenvalue weighted by Gasteiger charge is -2.18. The summed E-state index contributed by atoms with van der Waals surface area (Å²) in [6.07, 6.45) is 0. The molecule has 3 nitrogen and oxygen atoms in total. The molecule has 118 valence electrons. The number of methoxy groups -OCH3 is 1. The van der Waals surface area contributed by atoms with Crippen molar-refractivity contribution in [3.63, 3.8) is 0 Å². The molecule has 0 unspecified atom stereocenters. The molecule has 0 spiro atoms. The van der Waals surface area contributed by atoms with E-state index in [2.05, 4.69) is 56.1 Å². The first-order valence-corrected chi connectivity index (χ1v) is 7.60. The number of rotatable bonds is 7. The molecule has 0 aliphatic heterocycles. The lowest BCUT2D eigenvalue weighted by molar-refractivity contribution is 0.231. The Labute approximate surface area is 133 Å². The van der Waals surface area contributed by atoms with Gasteiger partial charge in [0.1, 0.15) is 18.1 Å². The van der Waals surface area contributed by atoms with E-state index in [0.29, 0.717) is 6.61 Å². The molecule has 0 N–H and O–H groups in total. The summed E-state index contributed by atoms with van der Waals surface area (Å²) >= 11 is 0. The van der Waals surface area contributed by atoms with Crippen molar-refractivity contribution >= 4 is 0 Å². The highest BCUT2D eigenvalue weighted by Gasteiger charge is 2.04. The van der Waals surface area contributed by atoms with Gasteiger partial charge in [0.25, 0.3) is 0 Å². The van der Waals surface area contributed by atoms with Gasteiger partial charge in [0, 0.05) is 13.1 Å². The topological polar surface area (TPSA) is 21.7 Å². The van der Waals surface area contributed by atoms with Gasteiger partial charge in [-0.25, -0.2) is 0 Å². The van der Waals surface area contributed by atoms with E-state index in [-0.39, 0.29) is 0 Å². The number of ether oxygens (including phenoxy) is 2. The van der Waals surface area contributed by atoms with Crippen LogP contribution in [0, 0.1) is 13.8 Å². The van der Waals surface area contributed by atoms with Crippen molar-refractivity contribution in [1.82, 2.24) is 4.90 Å². The maximum atomic E-state index is 5.90. The molecule has 22 heavy (non-hydrogen) atoms. The SMILES string of the molecule is COc1cccc(CN(C)CCOc2cc(C)ccc2C)c1. The summed E-state index contributed by atoms with van der Waals surface area (Å²) in [5.74, 6) is 1.88. The van der Waals surface area contributed by atoms with Crippen LogP contribution in [0.2, 0.25) is 0 Å². The lowest BCUT2D eigenvalue weighted by atomic mass is 10.1. The predicted octanol–water partition coefficient (Wildman–Crippen LogP) is 3.82. The Hall–Kier alpha value is -2.00. The highest BCUT2D eigenvalue weighted by Crippen LogP contribution is 2.19. The number of hydrogen-bond donors (Lipinski definition) is 0. The Morgan fingerprint density at radius 3 is 2.64 bits per heavy atom. The molecule has 0 atom stereocenters. The van der Waals surface area contributed by atoms with Gasteiger partial charge >= 0.3 is 0 Å². The van der Waals surface area contributed by atoms with E-state index < -0.39 is 0 Å². The molecule has 0 bridgehead atoms. The van der Waals surface area contributed by atoms with Crippen molar-refractivity contribution in [3.05, 3.63) is 59.2 Å². The van der Waals surface area contributed by atoms with Crippen LogP contribution < -0.4 is 9.47 Å². The van der Waals surface area contributed by atoms with E-state index in [1.165, 1.54) is 16.7 Å². The van der Waals surface area contributed by atoms with Crippen molar-refractivity contribution < 1.29 is 9.47 Å². The fourth-order valence-corrected chi connectivity index (χ4v) is 2.34. The Morgan fingerprint density at radius 1 is 1.05 bits per heavy atom. The van der Waals surface area contributed by atoms with Crippen LogP contribution in [0.1, 0.15) is 16.7 Å². The molecule has 2 rings (SSSR count). The van der Waals surface area contributed by atoms with Crippen LogP contribution in [0.25, 0.3) is 0 Å². The predicted molar refractivity (Wildman–Crippen MR) is 90.7 cm³/mol. The minimum Gasteiger partial charge on any atom is -0.497 e. The summed E-state index contributed by atoms with van der Waals surface area (Å²) in [4.78, 5) is 2.25. The molecule has 0 radical (unpaired) electrons. The summed E-state index contributed by atoms with van der Waals surface area (Å²) in [7, 11) is 3.80. The van der Waals surface area contributed by atoms with Crippen LogP contribution in [0.5, 0.6) is 11.5 Å². The van der Waals surface area contributed by atoms with Gasteiger partial charge in [0.05, 0.1) is 7.11 Å². The molecule has 0 heterocycles. The number of nitrogens with zero attached hydrogens (tertiary/aromatic N) is 1. The smallest absolute Gasteiger partial charge is 0.122 e. The van der Waals surface area contributed by atoms with Gasteiger partial charge in [-0.3, -0.25) is 4.90 Å². The molecule has 0 aliphatic carbocycles. The number of aryl methyl sites for hydroxylation is 2. The molecule has 3 heteroatoms. The van der Waals surface area contributed by atoms with E-state index in [4.69, 9.17) is 9.47 Å². The third-order valence-electron chi connectivity index (χ3n) is 3.66. The standard InChI is InChI=1S/C19H25NO2/c1-15-8-9-16(2)19(12-15)22-11-10-20(3)14-17-6-5-7-18(13-17)21-4/h5-9,12-13H,10-11,14H2,1-4H3. The first-order chi connectivity index (χ1) is 10.6. The Balaban J connectivity index is 1.82. The van der Waals surface area contributed by atoms with Crippen molar-refractivity contribution in [1.29, 1.82) is 0 Å². The summed E-state index contributed by atoms with van der Waals surface area (Å²) in [6, 6.07) is 14.5. The van der Waals surface area contributed by atoms with Gasteiger partial charge < -0.3 is 9.47 Å². The zero-order valence-corrected chi connectivity index (χ0v) is 13.9. The van der Waals surface area contributed by atoms with Gasteiger partial charge in [-0.15, -0.1) is 0 Å². The molecule has 2 aromatic rings. The van der Waals surface area contributed by atoms with Gasteiger partial charge in [0.2, 0.25) is 0 Å². The maximum absolute atomic E-state index is 5.90. The minimum absolute atomic E-state index is 0.685. The highest BCUT2D eigenvalue weighted by molar-refractivity contribution is 5.36. The van der Waals surface area contributed by atoms with Crippen LogP contribution in [0.3, 0.4) is 0 Å². The largest absolute Gasteiger partial charge is 0.497 e. The molecule has 0 saturated carbocycles. The molecule has 0 saturated heterocycles. The first kappa shape index (κ1) is 16.4.